The molecule has 0 radical (unpaired) electrons. The topological polar surface area (TPSA) is 58.4 Å². The number of benzene rings is 1. The molecule has 1 atom stereocenters. The van der Waals surface area contributed by atoms with Gasteiger partial charge in [-0.25, -0.2) is 0 Å². The van der Waals surface area contributed by atoms with Gasteiger partial charge in [0.15, 0.2) is 5.78 Å². The van der Waals surface area contributed by atoms with Gasteiger partial charge < -0.3 is 16.0 Å². The number of piperidine rings is 1. The zero-order valence-corrected chi connectivity index (χ0v) is 11.8. The van der Waals surface area contributed by atoms with Gasteiger partial charge in [-0.3, -0.25) is 4.79 Å². The highest BCUT2D eigenvalue weighted by atomic mass is 16.1. The molecule has 0 aliphatic carbocycles. The molecule has 1 heterocycles. The number of ketones is 1. The summed E-state index contributed by atoms with van der Waals surface area (Å²) in [6.07, 6.45) is 2.40. The molecule has 4 nitrogen and oxygen atoms in total. The predicted octanol–water partition coefficient (Wildman–Crippen LogP) is 2.37. The van der Waals surface area contributed by atoms with Crippen molar-refractivity contribution in [3.63, 3.8) is 0 Å². The minimum absolute atomic E-state index is 0.0139. The average molecular weight is 261 g/mol. The van der Waals surface area contributed by atoms with Crippen molar-refractivity contribution in [2.45, 2.75) is 32.7 Å². The van der Waals surface area contributed by atoms with Crippen molar-refractivity contribution in [2.75, 3.05) is 30.7 Å². The van der Waals surface area contributed by atoms with E-state index in [1.54, 1.807) is 13.0 Å². The normalized spacial score (nSPS) is 20.2. The van der Waals surface area contributed by atoms with Crippen LogP contribution in [0.3, 0.4) is 0 Å². The Hall–Kier alpha value is -1.55. The first-order chi connectivity index (χ1) is 9.10. The Labute approximate surface area is 115 Å². The number of nitrogens with zero attached hydrogens (tertiary/aromatic N) is 1. The van der Waals surface area contributed by atoms with Gasteiger partial charge >= 0.3 is 0 Å². The summed E-state index contributed by atoms with van der Waals surface area (Å²) in [6, 6.07) is 6.08. The number of nitrogen functional groups attached to an aromatic ring is 1. The highest BCUT2D eigenvalue weighted by Gasteiger charge is 2.18. The lowest BCUT2D eigenvalue weighted by molar-refractivity contribution is 0.101. The SMILES string of the molecule is CCN1CCCC(Nc2ccc(N)c(C(C)=O)c2)C1. The summed E-state index contributed by atoms with van der Waals surface area (Å²) < 4.78 is 0. The molecule has 0 spiro atoms. The van der Waals surface area contributed by atoms with Crippen LogP contribution in [-0.2, 0) is 0 Å². The maximum Gasteiger partial charge on any atom is 0.161 e. The maximum atomic E-state index is 11.5. The lowest BCUT2D eigenvalue weighted by atomic mass is 10.0. The first kappa shape index (κ1) is 13.9. The van der Waals surface area contributed by atoms with Gasteiger partial charge in [-0.05, 0) is 51.1 Å². The number of hydrogen-bond donors (Lipinski definition) is 2. The fourth-order valence-corrected chi connectivity index (χ4v) is 2.65. The molecule has 19 heavy (non-hydrogen) atoms. The second-order valence-electron chi connectivity index (χ2n) is 5.23. The highest BCUT2D eigenvalue weighted by molar-refractivity contribution is 6.00. The summed E-state index contributed by atoms with van der Waals surface area (Å²) in [5.74, 6) is 0.0139. The van der Waals surface area contributed by atoms with Gasteiger partial charge in [-0.2, -0.15) is 0 Å². The zero-order chi connectivity index (χ0) is 13.8. The van der Waals surface area contributed by atoms with Crippen LogP contribution >= 0.6 is 0 Å². The first-order valence-electron chi connectivity index (χ1n) is 6.99. The van der Waals surface area contributed by atoms with Crippen LogP contribution in [0, 0.1) is 0 Å². The molecule has 1 saturated heterocycles. The van der Waals surface area contributed by atoms with E-state index in [1.165, 1.54) is 19.4 Å². The van der Waals surface area contributed by atoms with Crippen molar-refractivity contribution in [3.8, 4) is 0 Å². The third kappa shape index (κ3) is 3.47. The molecular weight excluding hydrogens is 238 g/mol. The van der Waals surface area contributed by atoms with Gasteiger partial charge in [0.1, 0.15) is 0 Å². The number of nitrogens with one attached hydrogen (secondary N) is 1. The van der Waals surface area contributed by atoms with Crippen molar-refractivity contribution < 1.29 is 4.79 Å². The Bertz CT molecular complexity index is 459. The number of carbonyl (C=O) groups excluding carboxylic acids is 1. The Kier molecular flexibility index (Phi) is 4.43. The average Bonchev–Trinajstić information content (AvgIpc) is 2.41. The van der Waals surface area contributed by atoms with Crippen LogP contribution in [0.25, 0.3) is 0 Å². The molecule has 0 saturated carbocycles. The molecule has 0 bridgehead atoms. The number of likely N-dealkylation sites (N-methyl/N-ethyl adjacent to an activating group) is 1. The van der Waals surface area contributed by atoms with Crippen LogP contribution in [-0.4, -0.2) is 36.4 Å². The molecule has 1 aromatic rings. The molecule has 2 rings (SSSR count). The smallest absolute Gasteiger partial charge is 0.161 e. The van der Waals surface area contributed by atoms with Crippen LogP contribution in [0.4, 0.5) is 11.4 Å². The number of likely N-dealkylation sites (tertiary alicyclic amines) is 1. The maximum absolute atomic E-state index is 11.5. The second-order valence-corrected chi connectivity index (χ2v) is 5.23. The Balaban J connectivity index is 2.06. The molecule has 1 aromatic carbocycles. The Morgan fingerprint density at radius 3 is 3.00 bits per heavy atom. The number of hydrogen-bond acceptors (Lipinski definition) is 4. The van der Waals surface area contributed by atoms with Gasteiger partial charge in [0.25, 0.3) is 0 Å². The largest absolute Gasteiger partial charge is 0.398 e. The van der Waals surface area contributed by atoms with Crippen LogP contribution in [0.2, 0.25) is 0 Å². The third-order valence-corrected chi connectivity index (χ3v) is 3.76. The summed E-state index contributed by atoms with van der Waals surface area (Å²) in [6.45, 7) is 7.10. The summed E-state index contributed by atoms with van der Waals surface area (Å²) in [4.78, 5) is 13.9. The van der Waals surface area contributed by atoms with Crippen molar-refractivity contribution >= 4 is 17.2 Å². The number of carbonyl (C=O) groups is 1. The van der Waals surface area contributed by atoms with Gasteiger partial charge in [0.05, 0.1) is 0 Å². The van der Waals surface area contributed by atoms with Crippen molar-refractivity contribution in [2.24, 2.45) is 0 Å². The van der Waals surface area contributed by atoms with Gasteiger partial charge in [-0.1, -0.05) is 6.92 Å². The van der Waals surface area contributed by atoms with Crippen molar-refractivity contribution in [1.82, 2.24) is 4.90 Å². The monoisotopic (exact) mass is 261 g/mol. The molecule has 0 aromatic heterocycles. The second kappa shape index (κ2) is 6.06. The molecule has 1 unspecified atom stereocenters. The number of nitrogens with two attached hydrogens (primary N) is 1. The molecule has 0 amide bonds. The van der Waals surface area contributed by atoms with Crippen LogP contribution in [0.5, 0.6) is 0 Å². The number of anilines is 2. The lowest BCUT2D eigenvalue weighted by Crippen LogP contribution is -2.41. The first-order valence-corrected chi connectivity index (χ1v) is 6.99. The Morgan fingerprint density at radius 1 is 1.53 bits per heavy atom. The van der Waals surface area contributed by atoms with Crippen molar-refractivity contribution in [1.29, 1.82) is 0 Å². The fourth-order valence-electron chi connectivity index (χ4n) is 2.65. The third-order valence-electron chi connectivity index (χ3n) is 3.76. The summed E-state index contributed by atoms with van der Waals surface area (Å²) in [5.41, 5.74) is 7.96. The summed E-state index contributed by atoms with van der Waals surface area (Å²) in [5, 5.41) is 3.52. The summed E-state index contributed by atoms with van der Waals surface area (Å²) in [7, 11) is 0. The van der Waals surface area contributed by atoms with Gasteiger partial charge in [0.2, 0.25) is 0 Å². The van der Waals surface area contributed by atoms with Gasteiger partial charge in [-0.15, -0.1) is 0 Å². The van der Waals surface area contributed by atoms with Crippen LogP contribution < -0.4 is 11.1 Å². The molecule has 1 fully saturated rings. The van der Waals surface area contributed by atoms with E-state index in [4.69, 9.17) is 5.73 Å². The van der Waals surface area contributed by atoms with E-state index in [2.05, 4.69) is 17.1 Å². The minimum atomic E-state index is 0.0139. The standard InChI is InChI=1S/C15H23N3O/c1-3-18-8-4-5-13(10-18)17-12-6-7-15(16)14(9-12)11(2)19/h6-7,9,13,17H,3-5,8,10,16H2,1-2H3. The number of rotatable bonds is 4. The zero-order valence-electron chi connectivity index (χ0n) is 11.8. The molecule has 1 aliphatic heterocycles. The molecule has 104 valence electrons. The lowest BCUT2D eigenvalue weighted by Gasteiger charge is -2.33. The molecule has 4 heteroatoms. The van der Waals surface area contributed by atoms with E-state index in [0.29, 0.717) is 17.3 Å². The van der Waals surface area contributed by atoms with Crippen LogP contribution in [0.15, 0.2) is 18.2 Å². The summed E-state index contributed by atoms with van der Waals surface area (Å²) >= 11 is 0. The fraction of sp³-hybridized carbons (Fsp3) is 0.533. The highest BCUT2D eigenvalue weighted by Crippen LogP contribution is 2.21. The van der Waals surface area contributed by atoms with E-state index < -0.39 is 0 Å². The minimum Gasteiger partial charge on any atom is -0.398 e. The quantitative estimate of drug-likeness (QED) is 0.645. The predicted molar refractivity (Wildman–Crippen MR) is 79.6 cm³/mol. The molecule has 3 N–H and O–H groups in total. The Morgan fingerprint density at radius 2 is 2.32 bits per heavy atom. The number of Topliss-reactive ketones (excluding diaryl/α,β-unsaturated/α-hetero) is 1. The molecule has 1 aliphatic rings. The molecular formula is C15H23N3O. The van der Waals surface area contributed by atoms with Crippen molar-refractivity contribution in [3.05, 3.63) is 23.8 Å². The van der Waals surface area contributed by atoms with E-state index >= 15 is 0 Å². The van der Waals surface area contributed by atoms with E-state index in [0.717, 1.165) is 18.8 Å². The van der Waals surface area contributed by atoms with Gasteiger partial charge in [0, 0.05) is 29.5 Å². The van der Waals surface area contributed by atoms with E-state index in [9.17, 15) is 4.79 Å². The van der Waals surface area contributed by atoms with E-state index in [-0.39, 0.29) is 5.78 Å². The van der Waals surface area contributed by atoms with Crippen LogP contribution in [0.1, 0.15) is 37.0 Å². The van der Waals surface area contributed by atoms with E-state index in [1.807, 2.05) is 12.1 Å².